The molecule has 0 aromatic heterocycles. The van der Waals surface area contributed by atoms with Gasteiger partial charge in [-0.15, -0.1) is 0 Å². The first-order valence-corrected chi connectivity index (χ1v) is 13.3. The maximum absolute atomic E-state index is 13.1. The minimum atomic E-state index is -1.00. The molecule has 0 aliphatic carbocycles. The van der Waals surface area contributed by atoms with Crippen LogP contribution in [0.4, 0.5) is 11.4 Å². The van der Waals surface area contributed by atoms with Gasteiger partial charge in [-0.3, -0.25) is 0 Å². The Morgan fingerprint density at radius 3 is 2.00 bits per heavy atom. The van der Waals surface area contributed by atoms with Crippen LogP contribution in [0.5, 0.6) is 0 Å². The molecule has 0 amide bonds. The van der Waals surface area contributed by atoms with Gasteiger partial charge in [0.2, 0.25) is 10.0 Å². The van der Waals surface area contributed by atoms with Crippen LogP contribution in [0.15, 0.2) is 119 Å². The molecule has 1 spiro atoms. The van der Waals surface area contributed by atoms with E-state index in [1.165, 1.54) is 17.3 Å². The van der Waals surface area contributed by atoms with Crippen LogP contribution in [0.3, 0.4) is 0 Å². The maximum Gasteiger partial charge on any atom is 0.365 e. The summed E-state index contributed by atoms with van der Waals surface area (Å²) in [5, 5.41) is 14.3. The van der Waals surface area contributed by atoms with Crippen molar-refractivity contribution in [2.45, 2.75) is 18.8 Å². The van der Waals surface area contributed by atoms with Gasteiger partial charge in [-0.2, -0.15) is 10.2 Å². The fourth-order valence-electron chi connectivity index (χ4n) is 4.77. The van der Waals surface area contributed by atoms with Crippen molar-refractivity contribution in [1.82, 2.24) is 0 Å². The molecule has 0 N–H and O–H groups in total. The van der Waals surface area contributed by atoms with Crippen LogP contribution >= 0.6 is 11.8 Å². The minimum absolute atomic E-state index is 0.269. The van der Waals surface area contributed by atoms with E-state index in [0.29, 0.717) is 0 Å². The van der Waals surface area contributed by atoms with Crippen molar-refractivity contribution < 1.29 is 9.53 Å². The fraction of sp³-hybridized carbons (Fsp3) is 0.129. The van der Waals surface area contributed by atoms with E-state index in [1.807, 2.05) is 82.8 Å². The number of rotatable bonds is 5. The largest absolute Gasteiger partial charge is 0.461 e. The number of nitrogens with zero attached hydrogens (tertiary/aromatic N) is 4. The van der Waals surface area contributed by atoms with Crippen molar-refractivity contribution in [3.05, 3.63) is 131 Å². The number of hydrogen-bond donors (Lipinski definition) is 0. The summed E-state index contributed by atoms with van der Waals surface area (Å²) in [5.41, 5.74) is 6.73. The van der Waals surface area contributed by atoms with Crippen LogP contribution in [0, 0.1) is 6.92 Å². The van der Waals surface area contributed by atoms with Gasteiger partial charge in [0.25, 0.3) is 0 Å². The Morgan fingerprint density at radius 2 is 1.37 bits per heavy atom. The third-order valence-corrected chi connectivity index (χ3v) is 7.81. The molecule has 0 radical (unpaired) electrons. The van der Waals surface area contributed by atoms with E-state index in [-0.39, 0.29) is 11.7 Å². The zero-order valence-electron chi connectivity index (χ0n) is 21.1. The number of benzene rings is 4. The van der Waals surface area contributed by atoms with Gasteiger partial charge < -0.3 is 4.74 Å². The molecule has 1 atom stereocenters. The van der Waals surface area contributed by atoms with Crippen LogP contribution in [0.2, 0.25) is 0 Å². The van der Waals surface area contributed by atoms with Crippen molar-refractivity contribution in [2.75, 3.05) is 16.6 Å². The molecule has 0 saturated carbocycles. The summed E-state index contributed by atoms with van der Waals surface area (Å²) in [4.78, 5) is 12.1. The summed E-state index contributed by atoms with van der Waals surface area (Å²) in [7, 11) is 0. The predicted octanol–water partition coefficient (Wildman–Crippen LogP) is 6.51. The van der Waals surface area contributed by atoms with Crippen molar-refractivity contribution in [2.24, 2.45) is 10.2 Å². The summed E-state index contributed by atoms with van der Waals surface area (Å²) in [6, 6.07) is 36.5. The van der Waals surface area contributed by atoms with E-state index >= 15 is 0 Å². The van der Waals surface area contributed by atoms with Gasteiger partial charge in [-0.25, -0.2) is 14.8 Å². The molecule has 0 unspecified atom stereocenters. The van der Waals surface area contributed by atoms with Crippen LogP contribution in [-0.4, -0.2) is 23.3 Å². The number of hydrazone groups is 2. The fourth-order valence-corrected chi connectivity index (χ4v) is 6.06. The summed E-state index contributed by atoms with van der Waals surface area (Å²) < 4.78 is 5.40. The Morgan fingerprint density at radius 1 is 0.789 bits per heavy atom. The molecule has 0 bridgehead atoms. The zero-order chi connectivity index (χ0) is 26.1. The molecule has 7 heteroatoms. The van der Waals surface area contributed by atoms with Crippen LogP contribution in [0.1, 0.15) is 29.2 Å². The molecule has 6 rings (SSSR count). The minimum Gasteiger partial charge on any atom is -0.461 e. The van der Waals surface area contributed by atoms with Crippen LogP contribution < -0.4 is 10.0 Å². The topological polar surface area (TPSA) is 57.5 Å². The Kier molecular flexibility index (Phi) is 6.21. The number of anilines is 2. The number of thioether (sulfide) groups is 1. The predicted molar refractivity (Wildman–Crippen MR) is 154 cm³/mol. The third kappa shape index (κ3) is 3.96. The molecule has 2 heterocycles. The molecule has 2 aliphatic heterocycles. The first-order chi connectivity index (χ1) is 18.6. The second kappa shape index (κ2) is 9.84. The number of esters is 1. The second-order valence-electron chi connectivity index (χ2n) is 8.99. The van der Waals surface area contributed by atoms with E-state index < -0.39 is 11.0 Å². The highest BCUT2D eigenvalue weighted by molar-refractivity contribution is 8.16. The van der Waals surface area contributed by atoms with Crippen molar-refractivity contribution >= 4 is 39.9 Å². The first kappa shape index (κ1) is 24.0. The highest BCUT2D eigenvalue weighted by Gasteiger charge is 2.56. The van der Waals surface area contributed by atoms with Crippen molar-refractivity contribution in [3.8, 4) is 0 Å². The van der Waals surface area contributed by atoms with E-state index in [9.17, 15) is 4.79 Å². The van der Waals surface area contributed by atoms with Gasteiger partial charge in [-0.1, -0.05) is 90.5 Å². The summed E-state index contributed by atoms with van der Waals surface area (Å²) >= 11 is 1.35. The van der Waals surface area contributed by atoms with E-state index in [1.54, 1.807) is 6.92 Å². The quantitative estimate of drug-likeness (QED) is 0.282. The monoisotopic (exact) mass is 518 g/mol. The summed E-state index contributed by atoms with van der Waals surface area (Å²) in [6.07, 6.45) is 0. The molecule has 2 aliphatic rings. The lowest BCUT2D eigenvalue weighted by molar-refractivity contribution is -0.134. The number of aryl methyl sites for hydroxylation is 1. The molecule has 0 saturated heterocycles. The van der Waals surface area contributed by atoms with E-state index in [4.69, 9.17) is 14.9 Å². The number of carbonyl (C=O) groups is 1. The highest BCUT2D eigenvalue weighted by Crippen LogP contribution is 2.55. The molecular weight excluding hydrogens is 492 g/mol. The molecule has 0 fully saturated rings. The summed E-state index contributed by atoms with van der Waals surface area (Å²) in [5.74, 6) is -0.450. The van der Waals surface area contributed by atoms with Crippen molar-refractivity contribution in [3.63, 3.8) is 0 Å². The van der Waals surface area contributed by atoms with Gasteiger partial charge in [-0.05, 0) is 49.9 Å². The number of ether oxygens (including phenoxy) is 1. The number of fused-ring (bicyclic) bond motifs is 2. The first-order valence-electron chi connectivity index (χ1n) is 12.5. The van der Waals surface area contributed by atoms with Crippen LogP contribution in [0.25, 0.3) is 0 Å². The zero-order valence-corrected chi connectivity index (χ0v) is 21.9. The summed E-state index contributed by atoms with van der Waals surface area (Å²) in [6.45, 7) is 4.14. The van der Waals surface area contributed by atoms with Crippen LogP contribution in [-0.2, 0) is 14.5 Å². The number of carbonyl (C=O) groups excluding carboxylic acids is 1. The molecule has 4 aromatic rings. The molecule has 4 aromatic carbocycles. The SMILES string of the molecule is CCOC(=O)C1=NN(c2ccccc2)[C@@]2(S1)c1ccccc1C(c1ccc(C)cc1)=NN2c1ccccc1. The van der Waals surface area contributed by atoms with Gasteiger partial charge in [0, 0.05) is 16.7 Å². The average Bonchev–Trinajstić information content (AvgIpc) is 3.36. The Labute approximate surface area is 226 Å². The van der Waals surface area contributed by atoms with Gasteiger partial charge >= 0.3 is 5.97 Å². The normalized spacial score (nSPS) is 18.2. The Bertz CT molecular complexity index is 1540. The standard InChI is InChI=1S/C31H26N4O2S/c1-3-37-30(36)29-33-35(25-14-8-5-9-15-25)31(38-29)27-17-11-10-16-26(27)28(23-20-18-22(2)19-21-23)32-34(31)24-12-6-4-7-13-24/h4-21H,3H2,1-2H3/t31-/m1/s1. The Hall–Kier alpha value is -4.36. The van der Waals surface area contributed by atoms with E-state index in [2.05, 4.69) is 43.3 Å². The molecular formula is C31H26N4O2S. The van der Waals surface area contributed by atoms with Gasteiger partial charge in [0.05, 0.1) is 23.7 Å². The average molecular weight is 519 g/mol. The highest BCUT2D eigenvalue weighted by atomic mass is 32.2. The lowest BCUT2D eigenvalue weighted by Crippen LogP contribution is -2.54. The lowest BCUT2D eigenvalue weighted by Gasteiger charge is -2.47. The van der Waals surface area contributed by atoms with Gasteiger partial charge in [0.15, 0.2) is 0 Å². The lowest BCUT2D eigenvalue weighted by atomic mass is 9.93. The maximum atomic E-state index is 13.1. The molecule has 6 nitrogen and oxygen atoms in total. The molecule has 188 valence electrons. The molecule has 38 heavy (non-hydrogen) atoms. The Balaban J connectivity index is 1.64. The number of hydrogen-bond acceptors (Lipinski definition) is 7. The van der Waals surface area contributed by atoms with E-state index in [0.717, 1.165) is 33.8 Å². The third-order valence-electron chi connectivity index (χ3n) is 6.51. The van der Waals surface area contributed by atoms with Gasteiger partial charge in [0.1, 0.15) is 0 Å². The number of para-hydroxylation sites is 2. The smallest absolute Gasteiger partial charge is 0.365 e. The second-order valence-corrected chi connectivity index (χ2v) is 10.2. The van der Waals surface area contributed by atoms with Crippen molar-refractivity contribution in [1.29, 1.82) is 0 Å².